The van der Waals surface area contributed by atoms with Gasteiger partial charge >= 0.3 is 5.97 Å². The lowest BCUT2D eigenvalue weighted by Gasteiger charge is -2.17. The second-order valence-electron chi connectivity index (χ2n) is 7.51. The standard InChI is InChI=1S/C24H21Cl2N3O6S/c1-13(18-4-2-6-35-18)8-20(30)27-11-14-9-15(25)21(16(26)10-14)23(32)29-17(24(33)34)12-28-22(31)19-5-3-7-36-19/h2-10,17H,11-12H2,1H3,(H,27,30)(H,28,31)(H,29,32)(H,33,34)/b13-8+/t17-/m0/s1. The van der Waals surface area contributed by atoms with Gasteiger partial charge in [-0.2, -0.15) is 0 Å². The Morgan fingerprint density at radius 1 is 1.08 bits per heavy atom. The van der Waals surface area contributed by atoms with Gasteiger partial charge in [0.1, 0.15) is 11.8 Å². The number of benzene rings is 1. The number of carboxylic acids is 1. The molecule has 188 valence electrons. The number of carbonyl (C=O) groups excluding carboxylic acids is 3. The first-order chi connectivity index (χ1) is 17.2. The fraction of sp³-hybridized carbons (Fsp3) is 0.167. The third-order valence-electron chi connectivity index (χ3n) is 4.87. The van der Waals surface area contributed by atoms with E-state index in [0.29, 0.717) is 21.8 Å². The van der Waals surface area contributed by atoms with Gasteiger partial charge in [0.15, 0.2) is 0 Å². The number of carbonyl (C=O) groups is 4. The van der Waals surface area contributed by atoms with Gasteiger partial charge in [0.05, 0.1) is 26.7 Å². The zero-order valence-corrected chi connectivity index (χ0v) is 21.2. The van der Waals surface area contributed by atoms with E-state index < -0.39 is 23.8 Å². The average molecular weight is 550 g/mol. The molecule has 0 radical (unpaired) electrons. The summed E-state index contributed by atoms with van der Waals surface area (Å²) in [4.78, 5) is 49.0. The number of rotatable bonds is 10. The number of hydrogen-bond acceptors (Lipinski definition) is 6. The molecule has 1 aromatic carbocycles. The van der Waals surface area contributed by atoms with Gasteiger partial charge in [-0.3, -0.25) is 14.4 Å². The molecule has 0 spiro atoms. The van der Waals surface area contributed by atoms with Crippen LogP contribution in [0.15, 0.2) is 58.5 Å². The van der Waals surface area contributed by atoms with E-state index in [1.54, 1.807) is 36.6 Å². The van der Waals surface area contributed by atoms with Crippen molar-refractivity contribution in [2.75, 3.05) is 6.54 Å². The van der Waals surface area contributed by atoms with Crippen LogP contribution in [0.2, 0.25) is 10.0 Å². The highest BCUT2D eigenvalue weighted by Crippen LogP contribution is 2.27. The molecule has 0 unspecified atom stereocenters. The third-order valence-corrected chi connectivity index (χ3v) is 6.33. The van der Waals surface area contributed by atoms with Crippen LogP contribution in [0.5, 0.6) is 0 Å². The van der Waals surface area contributed by atoms with Crippen molar-refractivity contribution in [3.05, 3.63) is 85.9 Å². The van der Waals surface area contributed by atoms with Crippen molar-refractivity contribution in [2.24, 2.45) is 0 Å². The maximum Gasteiger partial charge on any atom is 0.328 e. The van der Waals surface area contributed by atoms with Gasteiger partial charge in [0.2, 0.25) is 5.91 Å². The molecular formula is C24H21Cl2N3O6S. The molecule has 0 aliphatic rings. The lowest BCUT2D eigenvalue weighted by atomic mass is 10.1. The highest BCUT2D eigenvalue weighted by Gasteiger charge is 2.25. The van der Waals surface area contributed by atoms with Gasteiger partial charge in [0.25, 0.3) is 11.8 Å². The Hall–Kier alpha value is -3.60. The second kappa shape index (κ2) is 12.4. The molecular weight excluding hydrogens is 529 g/mol. The van der Waals surface area contributed by atoms with E-state index in [4.69, 9.17) is 27.6 Å². The summed E-state index contributed by atoms with van der Waals surface area (Å²) in [7, 11) is 0. The molecule has 9 nitrogen and oxygen atoms in total. The number of nitrogens with one attached hydrogen (secondary N) is 3. The van der Waals surface area contributed by atoms with Crippen LogP contribution in [-0.4, -0.2) is 41.4 Å². The zero-order valence-electron chi connectivity index (χ0n) is 18.8. The number of hydrogen-bond donors (Lipinski definition) is 4. The number of halogens is 2. The quantitative estimate of drug-likeness (QED) is 0.282. The minimum atomic E-state index is -1.42. The molecule has 0 aliphatic heterocycles. The average Bonchev–Trinajstić information content (AvgIpc) is 3.54. The van der Waals surface area contributed by atoms with Crippen molar-refractivity contribution >= 4 is 63.8 Å². The highest BCUT2D eigenvalue weighted by molar-refractivity contribution is 7.12. The van der Waals surface area contributed by atoms with Gasteiger partial charge in [-0.1, -0.05) is 29.3 Å². The smallest absolute Gasteiger partial charge is 0.328 e. The Morgan fingerprint density at radius 2 is 1.81 bits per heavy atom. The topological polar surface area (TPSA) is 138 Å². The van der Waals surface area contributed by atoms with Crippen molar-refractivity contribution in [2.45, 2.75) is 19.5 Å². The summed E-state index contributed by atoms with van der Waals surface area (Å²) in [5.74, 6) is -2.43. The van der Waals surface area contributed by atoms with E-state index in [1.165, 1.54) is 35.8 Å². The van der Waals surface area contributed by atoms with E-state index in [9.17, 15) is 24.3 Å². The molecule has 0 fully saturated rings. The summed E-state index contributed by atoms with van der Waals surface area (Å²) >= 11 is 13.7. The first-order valence-corrected chi connectivity index (χ1v) is 12.1. The van der Waals surface area contributed by atoms with Crippen LogP contribution in [0.3, 0.4) is 0 Å². The van der Waals surface area contributed by atoms with E-state index in [1.807, 2.05) is 0 Å². The molecule has 2 aromatic heterocycles. The largest absolute Gasteiger partial charge is 0.480 e. The normalized spacial score (nSPS) is 12.0. The minimum absolute atomic E-state index is 0.0293. The molecule has 1 atom stereocenters. The van der Waals surface area contributed by atoms with Gasteiger partial charge in [-0.25, -0.2) is 4.79 Å². The van der Waals surface area contributed by atoms with E-state index in [2.05, 4.69) is 16.0 Å². The predicted octanol–water partition coefficient (Wildman–Crippen LogP) is 3.98. The first kappa shape index (κ1) is 27.0. The molecule has 0 saturated heterocycles. The van der Waals surface area contributed by atoms with Crippen molar-refractivity contribution in [1.29, 1.82) is 0 Å². The lowest BCUT2D eigenvalue weighted by Crippen LogP contribution is -2.48. The first-order valence-electron chi connectivity index (χ1n) is 10.5. The number of allylic oxidation sites excluding steroid dienone is 1. The maximum absolute atomic E-state index is 12.7. The monoisotopic (exact) mass is 549 g/mol. The van der Waals surface area contributed by atoms with E-state index in [0.717, 1.165) is 0 Å². The summed E-state index contributed by atoms with van der Waals surface area (Å²) < 4.78 is 5.23. The molecule has 0 bridgehead atoms. The molecule has 2 heterocycles. The Labute approximate surface area is 220 Å². The molecule has 3 rings (SSSR count). The van der Waals surface area contributed by atoms with Gasteiger partial charge in [-0.05, 0) is 53.8 Å². The summed E-state index contributed by atoms with van der Waals surface area (Å²) in [6, 6.07) is 8.19. The molecule has 3 aromatic rings. The summed E-state index contributed by atoms with van der Waals surface area (Å²) in [5.41, 5.74) is 1.04. The molecule has 0 aliphatic carbocycles. The van der Waals surface area contributed by atoms with Crippen LogP contribution in [-0.2, 0) is 16.1 Å². The third kappa shape index (κ3) is 7.20. The maximum atomic E-state index is 12.7. The van der Waals surface area contributed by atoms with Crippen LogP contribution in [0.25, 0.3) is 5.57 Å². The van der Waals surface area contributed by atoms with Crippen LogP contribution < -0.4 is 16.0 Å². The van der Waals surface area contributed by atoms with Crippen molar-refractivity contribution in [3.8, 4) is 0 Å². The lowest BCUT2D eigenvalue weighted by molar-refractivity contribution is -0.139. The Balaban J connectivity index is 1.62. The summed E-state index contributed by atoms with van der Waals surface area (Å²) in [5, 5.41) is 18.6. The summed E-state index contributed by atoms with van der Waals surface area (Å²) in [6.45, 7) is 1.47. The van der Waals surface area contributed by atoms with Gasteiger partial charge in [0, 0.05) is 19.2 Å². The van der Waals surface area contributed by atoms with Crippen LogP contribution >= 0.6 is 34.5 Å². The molecule has 4 N–H and O–H groups in total. The van der Waals surface area contributed by atoms with E-state index >= 15 is 0 Å². The highest BCUT2D eigenvalue weighted by atomic mass is 35.5. The number of thiophene rings is 1. The van der Waals surface area contributed by atoms with Crippen molar-refractivity contribution in [1.82, 2.24) is 16.0 Å². The molecule has 3 amide bonds. The fourth-order valence-corrected chi connectivity index (χ4v) is 4.42. The van der Waals surface area contributed by atoms with Gasteiger partial charge < -0.3 is 25.5 Å². The number of amides is 3. The Kier molecular flexibility index (Phi) is 9.29. The number of aliphatic carboxylic acids is 1. The zero-order chi connectivity index (χ0) is 26.2. The van der Waals surface area contributed by atoms with Crippen LogP contribution in [0.4, 0.5) is 0 Å². The van der Waals surface area contributed by atoms with Crippen molar-refractivity contribution in [3.63, 3.8) is 0 Å². The van der Waals surface area contributed by atoms with Crippen LogP contribution in [0.1, 0.15) is 38.3 Å². The number of furan rings is 1. The molecule has 12 heteroatoms. The summed E-state index contributed by atoms with van der Waals surface area (Å²) in [6.07, 6.45) is 2.89. The fourth-order valence-electron chi connectivity index (χ4n) is 3.08. The minimum Gasteiger partial charge on any atom is -0.480 e. The SMILES string of the molecule is C/C(=C\C(=O)NCc1cc(Cl)c(C(=O)N[C@@H](CNC(=O)c2cccs2)C(=O)O)c(Cl)c1)c1ccco1. The Bertz CT molecular complexity index is 1270. The Morgan fingerprint density at radius 3 is 2.39 bits per heavy atom. The van der Waals surface area contributed by atoms with E-state index in [-0.39, 0.29) is 34.6 Å². The second-order valence-corrected chi connectivity index (χ2v) is 9.27. The van der Waals surface area contributed by atoms with Gasteiger partial charge in [-0.15, -0.1) is 11.3 Å². The van der Waals surface area contributed by atoms with Crippen molar-refractivity contribution < 1.29 is 28.7 Å². The predicted molar refractivity (Wildman–Crippen MR) is 136 cm³/mol. The van der Waals surface area contributed by atoms with Crippen LogP contribution in [0, 0.1) is 0 Å². The molecule has 36 heavy (non-hydrogen) atoms. The molecule has 0 saturated carbocycles. The number of carboxylic acid groups (broad SMARTS) is 1.